The summed E-state index contributed by atoms with van der Waals surface area (Å²) in [5, 5.41) is 5.27. The van der Waals surface area contributed by atoms with Gasteiger partial charge in [-0.2, -0.15) is 0 Å². The Morgan fingerprint density at radius 3 is 1.80 bits per heavy atom. The molecule has 0 aliphatic heterocycles. The van der Waals surface area contributed by atoms with Crippen LogP contribution in [0.3, 0.4) is 0 Å². The van der Waals surface area contributed by atoms with E-state index in [1.54, 1.807) is 24.3 Å². The van der Waals surface area contributed by atoms with E-state index in [0.717, 1.165) is 0 Å². The van der Waals surface area contributed by atoms with Gasteiger partial charge < -0.3 is 29.6 Å². The Morgan fingerprint density at radius 1 is 0.800 bits per heavy atom. The van der Waals surface area contributed by atoms with Crippen LogP contribution in [0.5, 0.6) is 17.2 Å². The number of benzene rings is 2. The molecule has 1 atom stereocenters. The number of carbonyl (C=O) groups excluding carboxylic acids is 3. The van der Waals surface area contributed by atoms with E-state index in [0.29, 0.717) is 22.9 Å². The van der Waals surface area contributed by atoms with Crippen LogP contribution in [-0.4, -0.2) is 45.2 Å². The van der Waals surface area contributed by atoms with Crippen LogP contribution in [0.25, 0.3) is 0 Å². The Morgan fingerprint density at radius 2 is 1.30 bits per heavy atom. The molecule has 9 nitrogen and oxygen atoms in total. The summed E-state index contributed by atoms with van der Waals surface area (Å²) in [7, 11) is 4.30. The highest BCUT2D eigenvalue weighted by molar-refractivity contribution is 5.99. The maximum atomic E-state index is 12.6. The van der Waals surface area contributed by atoms with Crippen LogP contribution in [0.2, 0.25) is 0 Å². The van der Waals surface area contributed by atoms with Gasteiger partial charge >= 0.3 is 5.97 Å². The largest absolute Gasteiger partial charge is 0.496 e. The van der Waals surface area contributed by atoms with Gasteiger partial charge in [-0.05, 0) is 31.2 Å². The maximum Gasteiger partial charge on any atom is 0.342 e. The Kier molecular flexibility index (Phi) is 7.62. The predicted octanol–water partition coefficient (Wildman–Crippen LogP) is 2.85. The average Bonchev–Trinajstić information content (AvgIpc) is 2.73. The van der Waals surface area contributed by atoms with Gasteiger partial charge in [0.2, 0.25) is 5.91 Å². The number of hydrogen-bond acceptors (Lipinski definition) is 7. The molecular formula is C21H24N2O7. The van der Waals surface area contributed by atoms with Gasteiger partial charge in [-0.15, -0.1) is 0 Å². The number of methoxy groups -OCH3 is 3. The van der Waals surface area contributed by atoms with Crippen molar-refractivity contribution in [3.05, 3.63) is 42.0 Å². The topological polar surface area (TPSA) is 112 Å². The first-order valence-corrected chi connectivity index (χ1v) is 8.98. The van der Waals surface area contributed by atoms with Gasteiger partial charge in [-0.3, -0.25) is 9.59 Å². The summed E-state index contributed by atoms with van der Waals surface area (Å²) < 4.78 is 20.9. The lowest BCUT2D eigenvalue weighted by Gasteiger charge is -2.16. The van der Waals surface area contributed by atoms with Crippen LogP contribution in [0, 0.1) is 0 Å². The molecule has 0 saturated heterocycles. The summed E-state index contributed by atoms with van der Waals surface area (Å²) in [6.45, 7) is 2.85. The first kappa shape index (κ1) is 22.5. The predicted molar refractivity (Wildman–Crippen MR) is 110 cm³/mol. The van der Waals surface area contributed by atoms with E-state index in [4.69, 9.17) is 18.9 Å². The maximum absolute atomic E-state index is 12.6. The fraction of sp³-hybridized carbons (Fsp3) is 0.286. The molecule has 0 unspecified atom stereocenters. The van der Waals surface area contributed by atoms with E-state index >= 15 is 0 Å². The van der Waals surface area contributed by atoms with E-state index < -0.39 is 18.0 Å². The summed E-state index contributed by atoms with van der Waals surface area (Å²) >= 11 is 0. The summed E-state index contributed by atoms with van der Waals surface area (Å²) in [6, 6.07) is 9.44. The fourth-order valence-electron chi connectivity index (χ4n) is 2.55. The monoisotopic (exact) mass is 416 g/mol. The standard InChI is InChI=1S/C21H24N2O7/c1-12(20(25)23-15-8-6-14(7-9-15)22-13(2)24)30-21(26)16-10-18(28-4)19(29-5)11-17(16)27-3/h6-12H,1-5H3,(H,22,24)(H,23,25)/t12-/m1/s1. The number of amides is 2. The Hall–Kier alpha value is -3.75. The molecule has 160 valence electrons. The van der Waals surface area contributed by atoms with Gasteiger partial charge in [0.15, 0.2) is 17.6 Å². The molecule has 0 bridgehead atoms. The molecule has 0 fully saturated rings. The molecule has 0 saturated carbocycles. The number of nitrogens with one attached hydrogen (secondary N) is 2. The lowest BCUT2D eigenvalue weighted by Crippen LogP contribution is -2.30. The molecule has 2 amide bonds. The van der Waals surface area contributed by atoms with Gasteiger partial charge in [0.1, 0.15) is 11.3 Å². The number of hydrogen-bond donors (Lipinski definition) is 2. The van der Waals surface area contributed by atoms with E-state index in [-0.39, 0.29) is 17.2 Å². The quantitative estimate of drug-likeness (QED) is 0.636. The first-order chi connectivity index (χ1) is 14.3. The zero-order valence-corrected chi connectivity index (χ0v) is 17.4. The van der Waals surface area contributed by atoms with Crippen molar-refractivity contribution in [3.8, 4) is 17.2 Å². The van der Waals surface area contributed by atoms with Crippen molar-refractivity contribution < 1.29 is 33.3 Å². The third kappa shape index (κ3) is 5.63. The second-order valence-corrected chi connectivity index (χ2v) is 6.20. The molecule has 0 aliphatic carbocycles. The lowest BCUT2D eigenvalue weighted by atomic mass is 10.1. The second kappa shape index (κ2) is 10.1. The average molecular weight is 416 g/mol. The highest BCUT2D eigenvalue weighted by Gasteiger charge is 2.23. The number of rotatable bonds is 8. The smallest absolute Gasteiger partial charge is 0.342 e. The molecule has 0 heterocycles. The summed E-state index contributed by atoms with van der Waals surface area (Å²) in [6.07, 6.45) is -1.08. The molecule has 2 aromatic carbocycles. The summed E-state index contributed by atoms with van der Waals surface area (Å²) in [5.41, 5.74) is 1.18. The SMILES string of the molecule is COc1cc(OC)c(C(=O)O[C@H](C)C(=O)Nc2ccc(NC(C)=O)cc2)cc1OC. The minimum atomic E-state index is -1.08. The number of anilines is 2. The minimum absolute atomic E-state index is 0.0921. The third-order valence-electron chi connectivity index (χ3n) is 4.05. The van der Waals surface area contributed by atoms with Crippen LogP contribution in [-0.2, 0) is 14.3 Å². The van der Waals surface area contributed by atoms with E-state index in [2.05, 4.69) is 10.6 Å². The zero-order valence-electron chi connectivity index (χ0n) is 17.4. The minimum Gasteiger partial charge on any atom is -0.496 e. The van der Waals surface area contributed by atoms with Crippen LogP contribution < -0.4 is 24.8 Å². The first-order valence-electron chi connectivity index (χ1n) is 8.98. The fourth-order valence-corrected chi connectivity index (χ4v) is 2.55. The van der Waals surface area contributed by atoms with Crippen LogP contribution in [0.1, 0.15) is 24.2 Å². The van der Waals surface area contributed by atoms with Crippen molar-refractivity contribution >= 4 is 29.2 Å². The molecule has 30 heavy (non-hydrogen) atoms. The molecule has 0 radical (unpaired) electrons. The van der Waals surface area contributed by atoms with Gasteiger partial charge in [0, 0.05) is 30.4 Å². The molecule has 2 aromatic rings. The van der Waals surface area contributed by atoms with Gasteiger partial charge in [-0.1, -0.05) is 0 Å². The Bertz CT molecular complexity index is 926. The Labute approximate surface area is 174 Å². The summed E-state index contributed by atoms with van der Waals surface area (Å²) in [5.74, 6) is -0.538. The van der Waals surface area contributed by atoms with Gasteiger partial charge in [0.05, 0.1) is 21.3 Å². The van der Waals surface area contributed by atoms with Crippen molar-refractivity contribution in [3.63, 3.8) is 0 Å². The highest BCUT2D eigenvalue weighted by atomic mass is 16.6. The Balaban J connectivity index is 2.08. The van der Waals surface area contributed by atoms with E-state index in [1.807, 2.05) is 0 Å². The van der Waals surface area contributed by atoms with Crippen LogP contribution in [0.4, 0.5) is 11.4 Å². The third-order valence-corrected chi connectivity index (χ3v) is 4.05. The van der Waals surface area contributed by atoms with E-state index in [1.165, 1.54) is 47.3 Å². The van der Waals surface area contributed by atoms with Gasteiger partial charge in [0.25, 0.3) is 5.91 Å². The molecule has 0 aliphatic rings. The lowest BCUT2D eigenvalue weighted by molar-refractivity contribution is -0.123. The molecule has 2 N–H and O–H groups in total. The number of esters is 1. The second-order valence-electron chi connectivity index (χ2n) is 6.20. The normalized spacial score (nSPS) is 11.1. The van der Waals surface area contributed by atoms with Crippen molar-refractivity contribution in [2.75, 3.05) is 32.0 Å². The zero-order chi connectivity index (χ0) is 22.3. The molecule has 2 rings (SSSR count). The van der Waals surface area contributed by atoms with Crippen LogP contribution in [0.15, 0.2) is 36.4 Å². The van der Waals surface area contributed by atoms with Crippen molar-refractivity contribution in [1.29, 1.82) is 0 Å². The van der Waals surface area contributed by atoms with Crippen molar-refractivity contribution in [2.24, 2.45) is 0 Å². The van der Waals surface area contributed by atoms with E-state index in [9.17, 15) is 14.4 Å². The number of ether oxygens (including phenoxy) is 4. The summed E-state index contributed by atoms with van der Waals surface area (Å²) in [4.78, 5) is 36.0. The molecule has 0 aromatic heterocycles. The molecule has 0 spiro atoms. The van der Waals surface area contributed by atoms with Crippen molar-refractivity contribution in [1.82, 2.24) is 0 Å². The highest BCUT2D eigenvalue weighted by Crippen LogP contribution is 2.35. The van der Waals surface area contributed by atoms with Gasteiger partial charge in [-0.25, -0.2) is 4.79 Å². The van der Waals surface area contributed by atoms with Crippen molar-refractivity contribution in [2.45, 2.75) is 20.0 Å². The molecule has 9 heteroatoms. The molecular weight excluding hydrogens is 392 g/mol. The number of carbonyl (C=O) groups is 3. The van der Waals surface area contributed by atoms with Crippen LogP contribution >= 0.6 is 0 Å².